The summed E-state index contributed by atoms with van der Waals surface area (Å²) in [6.45, 7) is 1.60. The van der Waals surface area contributed by atoms with Crippen molar-refractivity contribution in [2.24, 2.45) is 0 Å². The molecule has 3 rings (SSSR count). The van der Waals surface area contributed by atoms with Gasteiger partial charge in [0, 0.05) is 6.42 Å². The molecule has 1 N–H and O–H groups in total. The number of ether oxygens (including phenoxy) is 2. The molecule has 1 heterocycles. The van der Waals surface area contributed by atoms with E-state index in [4.69, 9.17) is 9.47 Å². The van der Waals surface area contributed by atoms with E-state index in [1.165, 1.54) is 12.1 Å². The maximum absolute atomic E-state index is 12.8. The van der Waals surface area contributed by atoms with Crippen molar-refractivity contribution in [3.8, 4) is 0 Å². The summed E-state index contributed by atoms with van der Waals surface area (Å²) in [7, 11) is 0. The Balaban J connectivity index is 1.69. The monoisotopic (exact) mass is 421 g/mol. The van der Waals surface area contributed by atoms with Crippen LogP contribution in [0.4, 0.5) is 13.2 Å². The minimum Gasteiger partial charge on any atom is -0.368 e. The molecule has 0 spiro atoms. The fraction of sp³-hybridized carbons (Fsp3) is 0.364. The van der Waals surface area contributed by atoms with Gasteiger partial charge in [-0.15, -0.1) is 0 Å². The van der Waals surface area contributed by atoms with Gasteiger partial charge in [-0.3, -0.25) is 9.59 Å². The molecule has 160 valence electrons. The third-order valence-corrected chi connectivity index (χ3v) is 4.89. The Morgan fingerprint density at radius 1 is 1.13 bits per heavy atom. The van der Waals surface area contributed by atoms with Crippen molar-refractivity contribution in [2.45, 2.75) is 44.4 Å². The maximum Gasteiger partial charge on any atom is 0.416 e. The first-order valence-corrected chi connectivity index (χ1v) is 9.50. The third kappa shape index (κ3) is 5.67. The van der Waals surface area contributed by atoms with Crippen molar-refractivity contribution in [1.29, 1.82) is 0 Å². The highest BCUT2D eigenvalue weighted by molar-refractivity contribution is 5.93. The summed E-state index contributed by atoms with van der Waals surface area (Å²) in [5, 5.41) is 2.68. The Kier molecular flexibility index (Phi) is 6.89. The fourth-order valence-corrected chi connectivity index (χ4v) is 3.15. The number of benzene rings is 2. The molecule has 0 radical (unpaired) electrons. The summed E-state index contributed by atoms with van der Waals surface area (Å²) in [6.07, 6.45) is -5.52. The normalized spacial score (nSPS) is 20.2. The van der Waals surface area contributed by atoms with Crippen LogP contribution in [-0.4, -0.2) is 36.5 Å². The molecule has 3 atom stereocenters. The molecule has 0 bridgehead atoms. The number of alkyl halides is 3. The van der Waals surface area contributed by atoms with Crippen LogP contribution in [0.2, 0.25) is 0 Å². The van der Waals surface area contributed by atoms with Crippen molar-refractivity contribution in [1.82, 2.24) is 5.32 Å². The van der Waals surface area contributed by atoms with Crippen molar-refractivity contribution in [3.63, 3.8) is 0 Å². The minimum atomic E-state index is -4.41. The van der Waals surface area contributed by atoms with Crippen molar-refractivity contribution in [2.75, 3.05) is 6.61 Å². The molecule has 8 heteroatoms. The van der Waals surface area contributed by atoms with E-state index in [0.29, 0.717) is 5.56 Å². The second-order valence-corrected chi connectivity index (χ2v) is 7.15. The lowest BCUT2D eigenvalue weighted by Gasteiger charge is -2.21. The zero-order valence-corrected chi connectivity index (χ0v) is 16.3. The Bertz CT molecular complexity index is 868. The standard InChI is InChI=1S/C22H22F3NO4/c1-14-20(18(27)13-29-14)26-21(28)19(11-15-5-3-2-4-6-15)30-12-16-7-9-17(10-8-16)22(23,24)25/h2-10,14,19-20H,11-13H2,1H3,(H,26,28). The van der Waals surface area contributed by atoms with Gasteiger partial charge < -0.3 is 14.8 Å². The topological polar surface area (TPSA) is 64.6 Å². The molecule has 1 aliphatic heterocycles. The van der Waals surface area contributed by atoms with Crippen LogP contribution in [0.25, 0.3) is 0 Å². The van der Waals surface area contributed by atoms with E-state index < -0.39 is 35.9 Å². The van der Waals surface area contributed by atoms with Gasteiger partial charge in [0.2, 0.25) is 5.91 Å². The van der Waals surface area contributed by atoms with Gasteiger partial charge in [-0.05, 0) is 30.2 Å². The van der Waals surface area contributed by atoms with Crippen molar-refractivity contribution >= 4 is 11.7 Å². The highest BCUT2D eigenvalue weighted by Crippen LogP contribution is 2.29. The van der Waals surface area contributed by atoms with Gasteiger partial charge in [0.05, 0.1) is 18.3 Å². The summed E-state index contributed by atoms with van der Waals surface area (Å²) in [6, 6.07) is 13.0. The Hall–Kier alpha value is -2.71. The molecular formula is C22H22F3NO4. The zero-order chi connectivity index (χ0) is 21.7. The molecule has 30 heavy (non-hydrogen) atoms. The van der Waals surface area contributed by atoms with Gasteiger partial charge in [-0.25, -0.2) is 0 Å². The number of rotatable bonds is 7. The highest BCUT2D eigenvalue weighted by Gasteiger charge is 2.35. The van der Waals surface area contributed by atoms with Crippen LogP contribution in [0.1, 0.15) is 23.6 Å². The molecule has 0 aromatic heterocycles. The summed E-state index contributed by atoms with van der Waals surface area (Å²) >= 11 is 0. The van der Waals surface area contributed by atoms with Crippen molar-refractivity contribution in [3.05, 3.63) is 71.3 Å². The molecule has 1 fully saturated rings. The summed E-state index contributed by atoms with van der Waals surface area (Å²) in [5.41, 5.74) is 0.605. The molecule has 2 aromatic rings. The van der Waals surface area contributed by atoms with Crippen LogP contribution >= 0.6 is 0 Å². The molecule has 1 aliphatic rings. The maximum atomic E-state index is 12.8. The Labute approximate surface area is 172 Å². The molecular weight excluding hydrogens is 399 g/mol. The molecule has 5 nitrogen and oxygen atoms in total. The third-order valence-electron chi connectivity index (χ3n) is 4.89. The number of halogens is 3. The summed E-state index contributed by atoms with van der Waals surface area (Å²) in [4.78, 5) is 24.7. The number of amides is 1. The van der Waals surface area contributed by atoms with E-state index in [-0.39, 0.29) is 25.4 Å². The van der Waals surface area contributed by atoms with Gasteiger partial charge in [0.15, 0.2) is 5.78 Å². The molecule has 0 aliphatic carbocycles. The molecule has 1 amide bonds. The second kappa shape index (κ2) is 9.40. The summed E-state index contributed by atoms with van der Waals surface area (Å²) < 4.78 is 49.2. The van der Waals surface area contributed by atoms with Crippen LogP contribution in [-0.2, 0) is 38.3 Å². The van der Waals surface area contributed by atoms with E-state index in [0.717, 1.165) is 17.7 Å². The average Bonchev–Trinajstić information content (AvgIpc) is 3.03. The molecule has 3 unspecified atom stereocenters. The number of Topliss-reactive ketones (excluding diaryl/α,β-unsaturated/α-hetero) is 1. The van der Waals surface area contributed by atoms with Gasteiger partial charge in [0.1, 0.15) is 18.8 Å². The van der Waals surface area contributed by atoms with E-state index in [9.17, 15) is 22.8 Å². The highest BCUT2D eigenvalue weighted by atomic mass is 19.4. The van der Waals surface area contributed by atoms with Crippen LogP contribution in [0, 0.1) is 0 Å². The quantitative estimate of drug-likeness (QED) is 0.745. The first-order chi connectivity index (χ1) is 14.2. The van der Waals surface area contributed by atoms with Gasteiger partial charge in [0.25, 0.3) is 0 Å². The van der Waals surface area contributed by atoms with Crippen LogP contribution in [0.15, 0.2) is 54.6 Å². The van der Waals surface area contributed by atoms with Crippen LogP contribution in [0.3, 0.4) is 0 Å². The Morgan fingerprint density at radius 3 is 2.37 bits per heavy atom. The van der Waals surface area contributed by atoms with Gasteiger partial charge >= 0.3 is 6.18 Å². The number of hydrogen-bond acceptors (Lipinski definition) is 4. The predicted molar refractivity (Wildman–Crippen MR) is 103 cm³/mol. The van der Waals surface area contributed by atoms with Gasteiger partial charge in [-0.2, -0.15) is 13.2 Å². The Morgan fingerprint density at radius 2 is 1.80 bits per heavy atom. The first kappa shape index (κ1) is 22.0. The minimum absolute atomic E-state index is 0.0479. The number of carbonyl (C=O) groups is 2. The first-order valence-electron chi connectivity index (χ1n) is 9.50. The lowest BCUT2D eigenvalue weighted by Crippen LogP contribution is -2.49. The van der Waals surface area contributed by atoms with Crippen LogP contribution in [0.5, 0.6) is 0 Å². The van der Waals surface area contributed by atoms with E-state index in [1.807, 2.05) is 30.3 Å². The lowest BCUT2D eigenvalue weighted by molar-refractivity contribution is -0.137. The predicted octanol–water partition coefficient (Wildman–Crippen LogP) is 3.31. The van der Waals surface area contributed by atoms with E-state index in [1.54, 1.807) is 6.92 Å². The molecule has 0 saturated carbocycles. The molecule has 1 saturated heterocycles. The van der Waals surface area contributed by atoms with E-state index >= 15 is 0 Å². The number of ketones is 1. The van der Waals surface area contributed by atoms with Crippen LogP contribution < -0.4 is 5.32 Å². The lowest BCUT2D eigenvalue weighted by atomic mass is 10.1. The zero-order valence-electron chi connectivity index (χ0n) is 16.3. The summed E-state index contributed by atoms with van der Waals surface area (Å²) in [5.74, 6) is -0.682. The SMILES string of the molecule is CC1OCC(=O)C1NC(=O)C(Cc1ccccc1)OCc1ccc(C(F)(F)F)cc1. The average molecular weight is 421 g/mol. The smallest absolute Gasteiger partial charge is 0.368 e. The van der Waals surface area contributed by atoms with E-state index in [2.05, 4.69) is 5.32 Å². The van der Waals surface area contributed by atoms with Gasteiger partial charge in [-0.1, -0.05) is 42.5 Å². The number of hydrogen-bond donors (Lipinski definition) is 1. The van der Waals surface area contributed by atoms with Crippen molar-refractivity contribution < 1.29 is 32.2 Å². The number of nitrogens with one attached hydrogen (secondary N) is 1. The largest absolute Gasteiger partial charge is 0.416 e. The molecule has 2 aromatic carbocycles. The number of carbonyl (C=O) groups excluding carboxylic acids is 2. The fourth-order valence-electron chi connectivity index (χ4n) is 3.15. The second-order valence-electron chi connectivity index (χ2n) is 7.15.